The molecule has 23 heavy (non-hydrogen) atoms. The minimum Gasteiger partial charge on any atom is -0.335 e. The Bertz CT molecular complexity index is 565. The van der Waals surface area contributed by atoms with Crippen molar-refractivity contribution < 1.29 is 14.1 Å². The number of nitro groups is 1. The van der Waals surface area contributed by atoms with Crippen molar-refractivity contribution in [2.75, 3.05) is 19.6 Å². The topological polar surface area (TPSA) is 75.5 Å². The van der Waals surface area contributed by atoms with E-state index in [9.17, 15) is 19.3 Å². The molecule has 0 aromatic heterocycles. The molecule has 0 bridgehead atoms. The smallest absolute Gasteiger partial charge is 0.282 e. The van der Waals surface area contributed by atoms with Crippen molar-refractivity contribution in [1.82, 2.24) is 10.2 Å². The molecule has 1 amide bonds. The molecule has 1 fully saturated rings. The molecule has 6 nitrogen and oxygen atoms in total. The fourth-order valence-corrected chi connectivity index (χ4v) is 2.80. The van der Waals surface area contributed by atoms with Gasteiger partial charge in [-0.15, -0.1) is 12.4 Å². The van der Waals surface area contributed by atoms with Gasteiger partial charge >= 0.3 is 0 Å². The number of hydrogen-bond donors (Lipinski definition) is 1. The summed E-state index contributed by atoms with van der Waals surface area (Å²) in [6.07, 6.45) is 2.35. The van der Waals surface area contributed by atoms with Gasteiger partial charge in [0.1, 0.15) is 11.4 Å². The van der Waals surface area contributed by atoms with Crippen LogP contribution in [0.25, 0.3) is 0 Å². The van der Waals surface area contributed by atoms with E-state index in [-0.39, 0.29) is 29.7 Å². The van der Waals surface area contributed by atoms with Crippen molar-refractivity contribution in [2.45, 2.75) is 32.2 Å². The van der Waals surface area contributed by atoms with Crippen molar-refractivity contribution >= 4 is 24.0 Å². The van der Waals surface area contributed by atoms with E-state index in [1.165, 1.54) is 0 Å². The summed E-state index contributed by atoms with van der Waals surface area (Å²) >= 11 is 0. The molecule has 0 atom stereocenters. The zero-order valence-corrected chi connectivity index (χ0v) is 13.8. The first kappa shape index (κ1) is 19.3. The molecule has 1 heterocycles. The Morgan fingerprint density at radius 2 is 2.09 bits per heavy atom. The number of hydrogen-bond acceptors (Lipinski definition) is 4. The number of piperidine rings is 1. The minimum atomic E-state index is -0.643. The lowest BCUT2D eigenvalue weighted by atomic mass is 10.0. The van der Waals surface area contributed by atoms with Crippen molar-refractivity contribution in [2.24, 2.45) is 0 Å². The number of nitrogens with zero attached hydrogens (tertiary/aromatic N) is 2. The molecule has 0 unspecified atom stereocenters. The van der Waals surface area contributed by atoms with Crippen LogP contribution in [0.1, 0.15) is 36.5 Å². The van der Waals surface area contributed by atoms with Crippen molar-refractivity contribution in [3.05, 3.63) is 39.7 Å². The van der Waals surface area contributed by atoms with Crippen LogP contribution in [0.5, 0.6) is 0 Å². The summed E-state index contributed by atoms with van der Waals surface area (Å²) in [5, 5.41) is 14.3. The van der Waals surface area contributed by atoms with Crippen LogP contribution in [-0.4, -0.2) is 41.4 Å². The Balaban J connectivity index is 0.00000264. The lowest BCUT2D eigenvalue weighted by Crippen LogP contribution is -2.46. The van der Waals surface area contributed by atoms with Crippen molar-refractivity contribution in [3.8, 4) is 0 Å². The molecule has 8 heteroatoms. The van der Waals surface area contributed by atoms with Crippen molar-refractivity contribution in [1.29, 1.82) is 0 Å². The predicted octanol–water partition coefficient (Wildman–Crippen LogP) is 2.76. The SMILES string of the molecule is CCCN(C(=O)c1cc(F)ccc1[N+](=O)[O-])C1CCNCC1.Cl. The summed E-state index contributed by atoms with van der Waals surface area (Å²) in [6.45, 7) is 4.07. The van der Waals surface area contributed by atoms with E-state index in [0.717, 1.165) is 50.6 Å². The monoisotopic (exact) mass is 345 g/mol. The molecule has 0 aliphatic carbocycles. The third-order valence-electron chi connectivity index (χ3n) is 3.86. The molecule has 0 radical (unpaired) electrons. The zero-order chi connectivity index (χ0) is 16.1. The molecule has 0 saturated carbocycles. The molecular weight excluding hydrogens is 325 g/mol. The highest BCUT2D eigenvalue weighted by Gasteiger charge is 2.30. The summed E-state index contributed by atoms with van der Waals surface area (Å²) in [6, 6.07) is 3.06. The van der Waals surface area contributed by atoms with Gasteiger partial charge in [0, 0.05) is 18.7 Å². The fraction of sp³-hybridized carbons (Fsp3) is 0.533. The maximum Gasteiger partial charge on any atom is 0.282 e. The highest BCUT2D eigenvalue weighted by Crippen LogP contribution is 2.24. The average Bonchev–Trinajstić information content (AvgIpc) is 2.52. The average molecular weight is 346 g/mol. The van der Waals surface area contributed by atoms with Gasteiger partial charge in [0.25, 0.3) is 11.6 Å². The first-order chi connectivity index (χ1) is 10.5. The molecule has 1 aromatic rings. The Morgan fingerprint density at radius 3 is 2.65 bits per heavy atom. The van der Waals surface area contributed by atoms with Crippen LogP contribution < -0.4 is 5.32 Å². The number of carbonyl (C=O) groups is 1. The summed E-state index contributed by atoms with van der Waals surface area (Å²) in [7, 11) is 0. The van der Waals surface area contributed by atoms with E-state index < -0.39 is 16.6 Å². The quantitative estimate of drug-likeness (QED) is 0.657. The van der Waals surface area contributed by atoms with E-state index >= 15 is 0 Å². The van der Waals surface area contributed by atoms with Gasteiger partial charge in [0.05, 0.1) is 4.92 Å². The number of nitrogens with one attached hydrogen (secondary N) is 1. The fourth-order valence-electron chi connectivity index (χ4n) is 2.80. The molecule has 0 spiro atoms. The van der Waals surface area contributed by atoms with E-state index in [1.54, 1.807) is 4.90 Å². The standard InChI is InChI=1S/C15H20FN3O3.ClH/c1-2-9-18(12-5-7-17-8-6-12)15(20)13-10-11(16)3-4-14(13)19(21)22;/h3-4,10,12,17H,2,5-9H2,1H3;1H. The second-order valence-electron chi connectivity index (χ2n) is 5.40. The maximum atomic E-state index is 13.5. The number of carbonyl (C=O) groups excluding carboxylic acids is 1. The van der Waals surface area contributed by atoms with Gasteiger partial charge < -0.3 is 10.2 Å². The molecule has 128 valence electrons. The van der Waals surface area contributed by atoms with Crippen LogP contribution in [0.4, 0.5) is 10.1 Å². The second-order valence-corrected chi connectivity index (χ2v) is 5.40. The number of nitro benzene ring substituents is 1. The Hall–Kier alpha value is -1.73. The van der Waals surface area contributed by atoms with Crippen LogP contribution >= 0.6 is 12.4 Å². The van der Waals surface area contributed by atoms with Crippen LogP contribution in [0, 0.1) is 15.9 Å². The lowest BCUT2D eigenvalue weighted by Gasteiger charge is -2.34. The molecule has 1 aliphatic heterocycles. The lowest BCUT2D eigenvalue weighted by molar-refractivity contribution is -0.385. The highest BCUT2D eigenvalue weighted by molar-refractivity contribution is 5.98. The van der Waals surface area contributed by atoms with E-state index in [4.69, 9.17) is 0 Å². The summed E-state index contributed by atoms with van der Waals surface area (Å²) in [4.78, 5) is 24.9. The molecule has 2 rings (SSSR count). The van der Waals surface area contributed by atoms with Gasteiger partial charge in [-0.05, 0) is 44.5 Å². The van der Waals surface area contributed by atoms with E-state index in [1.807, 2.05) is 6.92 Å². The summed E-state index contributed by atoms with van der Waals surface area (Å²) in [5.74, 6) is -1.10. The number of halogens is 2. The summed E-state index contributed by atoms with van der Waals surface area (Å²) in [5.41, 5.74) is -0.515. The minimum absolute atomic E-state index is 0. The second kappa shape index (κ2) is 8.79. The Morgan fingerprint density at radius 1 is 1.43 bits per heavy atom. The van der Waals surface area contributed by atoms with Gasteiger partial charge in [-0.2, -0.15) is 0 Å². The van der Waals surface area contributed by atoms with Gasteiger partial charge in [-0.1, -0.05) is 6.92 Å². The molecule has 1 saturated heterocycles. The van der Waals surface area contributed by atoms with Gasteiger partial charge in [0.2, 0.25) is 0 Å². The normalized spacial score (nSPS) is 14.9. The first-order valence-corrected chi connectivity index (χ1v) is 7.50. The molecule has 1 aromatic carbocycles. The van der Waals surface area contributed by atoms with Gasteiger partial charge in [-0.3, -0.25) is 14.9 Å². The zero-order valence-electron chi connectivity index (χ0n) is 13.0. The Kier molecular flexibility index (Phi) is 7.38. The van der Waals surface area contributed by atoms with E-state index in [0.29, 0.717) is 6.54 Å². The number of rotatable bonds is 5. The third-order valence-corrected chi connectivity index (χ3v) is 3.86. The Labute approximate surface area is 140 Å². The van der Waals surface area contributed by atoms with Crippen LogP contribution in [0.15, 0.2) is 18.2 Å². The maximum absolute atomic E-state index is 13.5. The largest absolute Gasteiger partial charge is 0.335 e. The number of benzene rings is 1. The van der Waals surface area contributed by atoms with Crippen LogP contribution in [0.3, 0.4) is 0 Å². The molecule has 1 N–H and O–H groups in total. The molecule has 1 aliphatic rings. The summed E-state index contributed by atoms with van der Waals surface area (Å²) < 4.78 is 13.5. The third kappa shape index (κ3) is 4.62. The van der Waals surface area contributed by atoms with E-state index in [2.05, 4.69) is 5.32 Å². The van der Waals surface area contributed by atoms with Crippen LogP contribution in [-0.2, 0) is 0 Å². The predicted molar refractivity (Wildman–Crippen MR) is 87.5 cm³/mol. The van der Waals surface area contributed by atoms with Gasteiger partial charge in [-0.25, -0.2) is 4.39 Å². The van der Waals surface area contributed by atoms with Crippen LogP contribution in [0.2, 0.25) is 0 Å². The number of amides is 1. The first-order valence-electron chi connectivity index (χ1n) is 7.50. The van der Waals surface area contributed by atoms with Gasteiger partial charge in [0.15, 0.2) is 0 Å². The van der Waals surface area contributed by atoms with Crippen molar-refractivity contribution in [3.63, 3.8) is 0 Å². The molecular formula is C15H21ClFN3O3. The highest BCUT2D eigenvalue weighted by atomic mass is 35.5.